The first kappa shape index (κ1) is 18.3. The maximum absolute atomic E-state index is 13.5. The van der Waals surface area contributed by atoms with E-state index in [0.717, 1.165) is 15.8 Å². The summed E-state index contributed by atoms with van der Waals surface area (Å²) in [6, 6.07) is 14.8. The number of carbonyl (C=O) groups excluding carboxylic acids is 1. The average Bonchev–Trinajstić information content (AvgIpc) is 3.10. The zero-order valence-corrected chi connectivity index (χ0v) is 16.3. The molecule has 2 aromatic heterocycles. The summed E-state index contributed by atoms with van der Waals surface area (Å²) in [5.74, 6) is 0. The second-order valence-electron chi connectivity index (χ2n) is 6.25. The average molecular weight is 412 g/mol. The zero-order chi connectivity index (χ0) is 19.9. The molecule has 0 spiro atoms. The van der Waals surface area contributed by atoms with E-state index in [9.17, 15) is 13.2 Å². The molecule has 0 saturated carbocycles. The Morgan fingerprint density at radius 1 is 1.00 bits per heavy atom. The quantitative estimate of drug-likeness (QED) is 0.373. The highest BCUT2D eigenvalue weighted by molar-refractivity contribution is 7.90. The van der Waals surface area contributed by atoms with Crippen LogP contribution in [0.25, 0.3) is 22.3 Å². The Labute approximate surface area is 166 Å². The summed E-state index contributed by atoms with van der Waals surface area (Å²) in [6.07, 6.45) is 1.95. The maximum Gasteiger partial charge on any atom is 0.269 e. The van der Waals surface area contributed by atoms with Crippen LogP contribution in [0.2, 0.25) is 5.15 Å². The highest BCUT2D eigenvalue weighted by Gasteiger charge is 2.25. The van der Waals surface area contributed by atoms with Crippen molar-refractivity contribution in [3.05, 3.63) is 77.2 Å². The highest BCUT2D eigenvalue weighted by Crippen LogP contribution is 2.33. The summed E-state index contributed by atoms with van der Waals surface area (Å²) >= 11 is 6.19. The molecule has 0 aliphatic heterocycles. The molecule has 2 heterocycles. The minimum absolute atomic E-state index is 0.135. The molecule has 0 aliphatic rings. The van der Waals surface area contributed by atoms with Crippen molar-refractivity contribution in [1.82, 2.24) is 13.9 Å². The number of fused-ring (bicyclic) bond motifs is 1. The minimum Gasteiger partial charge on any atom is -0.298 e. The van der Waals surface area contributed by atoms with Crippen molar-refractivity contribution in [3.63, 3.8) is 0 Å². The number of carbonyl (C=O) groups is 1. The molecule has 0 N–H and O–H groups in total. The lowest BCUT2D eigenvalue weighted by Crippen LogP contribution is -2.14. The van der Waals surface area contributed by atoms with Crippen LogP contribution in [0.15, 0.2) is 65.8 Å². The molecule has 0 radical (unpaired) electrons. The first-order chi connectivity index (χ1) is 13.4. The Morgan fingerprint density at radius 3 is 2.32 bits per heavy atom. The van der Waals surface area contributed by atoms with Gasteiger partial charge in [0.15, 0.2) is 5.65 Å². The van der Waals surface area contributed by atoms with Crippen LogP contribution in [0.5, 0.6) is 0 Å². The third-order valence-corrected chi connectivity index (χ3v) is 6.43. The predicted molar refractivity (Wildman–Crippen MR) is 107 cm³/mol. The van der Waals surface area contributed by atoms with E-state index in [-0.39, 0.29) is 15.7 Å². The van der Waals surface area contributed by atoms with E-state index in [4.69, 9.17) is 11.6 Å². The second kappa shape index (κ2) is 6.85. The molecule has 140 valence electrons. The molecule has 6 nitrogen and oxygen atoms in total. The smallest absolute Gasteiger partial charge is 0.269 e. The molecule has 0 atom stereocenters. The van der Waals surface area contributed by atoms with Gasteiger partial charge in [-0.2, -0.15) is 0 Å². The number of rotatable bonds is 4. The molecule has 0 aliphatic carbocycles. The van der Waals surface area contributed by atoms with E-state index in [1.54, 1.807) is 54.6 Å². The number of hydrogen-bond acceptors (Lipinski definition) is 5. The molecule has 0 bridgehead atoms. The second-order valence-corrected chi connectivity index (χ2v) is 8.40. The van der Waals surface area contributed by atoms with Crippen LogP contribution in [0.4, 0.5) is 0 Å². The molecular formula is C20H14ClN3O3S. The van der Waals surface area contributed by atoms with Crippen LogP contribution in [-0.2, 0) is 10.0 Å². The van der Waals surface area contributed by atoms with Gasteiger partial charge in [0.05, 0.1) is 16.0 Å². The normalized spacial score (nSPS) is 11.6. The molecule has 28 heavy (non-hydrogen) atoms. The van der Waals surface area contributed by atoms with Gasteiger partial charge in [0, 0.05) is 5.56 Å². The first-order valence-electron chi connectivity index (χ1n) is 8.31. The third-order valence-electron chi connectivity index (χ3n) is 4.41. The van der Waals surface area contributed by atoms with Gasteiger partial charge in [0.25, 0.3) is 10.0 Å². The van der Waals surface area contributed by atoms with E-state index in [2.05, 4.69) is 9.97 Å². The molecule has 2 aromatic carbocycles. The number of hydrogen-bond donors (Lipinski definition) is 0. The maximum atomic E-state index is 13.5. The lowest BCUT2D eigenvalue weighted by atomic mass is 10.1. The zero-order valence-electron chi connectivity index (χ0n) is 14.7. The number of aryl methyl sites for hydroxylation is 1. The summed E-state index contributed by atoms with van der Waals surface area (Å²) in [5, 5.41) is 0.586. The lowest BCUT2D eigenvalue weighted by molar-refractivity contribution is 0.112. The Kier molecular flexibility index (Phi) is 4.49. The van der Waals surface area contributed by atoms with Gasteiger partial charge in [-0.25, -0.2) is 22.4 Å². The van der Waals surface area contributed by atoms with Gasteiger partial charge in [0.1, 0.15) is 17.8 Å². The summed E-state index contributed by atoms with van der Waals surface area (Å²) < 4.78 is 28.1. The lowest BCUT2D eigenvalue weighted by Gasteiger charge is -2.12. The monoisotopic (exact) mass is 411 g/mol. The van der Waals surface area contributed by atoms with Crippen LogP contribution in [0.1, 0.15) is 15.9 Å². The van der Waals surface area contributed by atoms with Gasteiger partial charge in [0.2, 0.25) is 0 Å². The van der Waals surface area contributed by atoms with E-state index in [0.29, 0.717) is 22.2 Å². The van der Waals surface area contributed by atoms with Crippen LogP contribution < -0.4 is 0 Å². The van der Waals surface area contributed by atoms with Gasteiger partial charge in [-0.1, -0.05) is 53.6 Å². The van der Waals surface area contributed by atoms with Crippen molar-refractivity contribution < 1.29 is 13.2 Å². The number of aldehydes is 1. The number of halogens is 1. The van der Waals surface area contributed by atoms with Gasteiger partial charge in [-0.15, -0.1) is 0 Å². The first-order valence-corrected chi connectivity index (χ1v) is 10.1. The van der Waals surface area contributed by atoms with Crippen molar-refractivity contribution in [2.45, 2.75) is 11.8 Å². The topological polar surface area (TPSA) is 81.9 Å². The molecule has 0 unspecified atom stereocenters. The van der Waals surface area contributed by atoms with Crippen molar-refractivity contribution >= 4 is 38.9 Å². The Morgan fingerprint density at radius 2 is 1.68 bits per heavy atom. The highest BCUT2D eigenvalue weighted by atomic mass is 35.5. The predicted octanol–water partition coefficient (Wildman–Crippen LogP) is 4.11. The summed E-state index contributed by atoms with van der Waals surface area (Å²) in [4.78, 5) is 19.2. The SMILES string of the molecule is Cc1ccc(S(=O)(=O)n2c(-c3ccc(C=O)cc3)cc3c(Cl)ncnc32)cc1. The van der Waals surface area contributed by atoms with Gasteiger partial charge in [-0.05, 0) is 30.7 Å². The number of benzene rings is 2. The fourth-order valence-electron chi connectivity index (χ4n) is 2.95. The van der Waals surface area contributed by atoms with Crippen LogP contribution in [0.3, 0.4) is 0 Å². The van der Waals surface area contributed by atoms with E-state index >= 15 is 0 Å². The molecule has 0 amide bonds. The largest absolute Gasteiger partial charge is 0.298 e. The van der Waals surface area contributed by atoms with E-state index < -0.39 is 10.0 Å². The number of nitrogens with zero attached hydrogens (tertiary/aromatic N) is 3. The summed E-state index contributed by atoms with van der Waals surface area (Å²) in [6.45, 7) is 1.88. The van der Waals surface area contributed by atoms with Crippen molar-refractivity contribution in [1.29, 1.82) is 0 Å². The Bertz CT molecular complexity index is 1300. The molecule has 4 rings (SSSR count). The Hall–Kier alpha value is -3.03. The number of aromatic nitrogens is 3. The van der Waals surface area contributed by atoms with Crippen LogP contribution in [-0.4, -0.2) is 28.6 Å². The molecule has 0 saturated heterocycles. The minimum atomic E-state index is -3.95. The van der Waals surface area contributed by atoms with Crippen molar-refractivity contribution in [2.75, 3.05) is 0 Å². The third kappa shape index (κ3) is 2.98. The van der Waals surface area contributed by atoms with Crippen molar-refractivity contribution in [2.24, 2.45) is 0 Å². The van der Waals surface area contributed by atoms with Crippen LogP contribution in [0, 0.1) is 6.92 Å². The standard InChI is InChI=1S/C20H14ClN3O3S/c1-13-2-8-16(9-3-13)28(26,27)24-18(15-6-4-14(11-25)5-7-15)10-17-19(21)22-12-23-20(17)24/h2-12H,1H3. The molecule has 4 aromatic rings. The van der Waals surface area contributed by atoms with Gasteiger partial charge < -0.3 is 0 Å². The summed E-state index contributed by atoms with van der Waals surface area (Å²) in [7, 11) is -3.95. The summed E-state index contributed by atoms with van der Waals surface area (Å²) in [5.41, 5.74) is 2.62. The molecule has 8 heteroatoms. The van der Waals surface area contributed by atoms with E-state index in [1.165, 1.54) is 6.33 Å². The molecular weight excluding hydrogens is 398 g/mol. The van der Waals surface area contributed by atoms with Gasteiger partial charge >= 0.3 is 0 Å². The fourth-order valence-corrected chi connectivity index (χ4v) is 4.62. The van der Waals surface area contributed by atoms with Crippen molar-refractivity contribution in [3.8, 4) is 11.3 Å². The fraction of sp³-hybridized carbons (Fsp3) is 0.0500. The Balaban J connectivity index is 2.04. The van der Waals surface area contributed by atoms with Gasteiger partial charge in [-0.3, -0.25) is 4.79 Å². The van der Waals surface area contributed by atoms with E-state index in [1.807, 2.05) is 6.92 Å². The van der Waals surface area contributed by atoms with Crippen LogP contribution >= 0.6 is 11.6 Å². The molecule has 0 fully saturated rings.